The SMILES string of the molecule is C=C1CC2OC(=O)C(=C)C2C=C1C(C)CCCOC(C)=O. The lowest BCUT2D eigenvalue weighted by atomic mass is 9.78. The van der Waals surface area contributed by atoms with Crippen molar-refractivity contribution in [2.75, 3.05) is 6.61 Å². The van der Waals surface area contributed by atoms with Gasteiger partial charge in [0.05, 0.1) is 6.61 Å². The van der Waals surface area contributed by atoms with Gasteiger partial charge in [-0.15, -0.1) is 0 Å². The third-order valence-electron chi connectivity index (χ3n) is 4.16. The minimum absolute atomic E-state index is 0.0195. The van der Waals surface area contributed by atoms with E-state index in [1.165, 1.54) is 12.5 Å². The predicted octanol–water partition coefficient (Wildman–Crippen LogP) is 2.95. The Morgan fingerprint density at radius 3 is 2.90 bits per heavy atom. The first-order valence-corrected chi connectivity index (χ1v) is 7.33. The first-order chi connectivity index (χ1) is 9.90. The minimum Gasteiger partial charge on any atom is -0.466 e. The second kappa shape index (κ2) is 6.29. The molecule has 0 saturated carbocycles. The van der Waals surface area contributed by atoms with Gasteiger partial charge in [0.1, 0.15) is 6.10 Å². The third-order valence-corrected chi connectivity index (χ3v) is 4.16. The summed E-state index contributed by atoms with van der Waals surface area (Å²) >= 11 is 0. The maximum absolute atomic E-state index is 11.6. The van der Waals surface area contributed by atoms with Crippen LogP contribution >= 0.6 is 0 Å². The zero-order chi connectivity index (χ0) is 15.6. The van der Waals surface area contributed by atoms with E-state index >= 15 is 0 Å². The van der Waals surface area contributed by atoms with Gasteiger partial charge in [-0.05, 0) is 29.9 Å². The van der Waals surface area contributed by atoms with Crippen LogP contribution in [0.15, 0.2) is 36.0 Å². The zero-order valence-corrected chi connectivity index (χ0v) is 12.7. The molecule has 1 heterocycles. The maximum Gasteiger partial charge on any atom is 0.334 e. The normalized spacial score (nSPS) is 26.0. The summed E-state index contributed by atoms with van der Waals surface area (Å²) in [5, 5.41) is 0. The van der Waals surface area contributed by atoms with Crippen LogP contribution < -0.4 is 0 Å². The van der Waals surface area contributed by atoms with E-state index in [0.717, 1.165) is 18.4 Å². The Morgan fingerprint density at radius 1 is 1.52 bits per heavy atom. The highest BCUT2D eigenvalue weighted by Gasteiger charge is 2.40. The standard InChI is InChI=1S/C17H22O4/c1-10(6-5-7-20-13(4)18)14-9-15-12(3)17(19)21-16(15)8-11(14)2/h9-10,15-16H,2-3,5-8H2,1,4H3. The molecule has 0 bridgehead atoms. The van der Waals surface area contributed by atoms with E-state index in [9.17, 15) is 9.59 Å². The van der Waals surface area contributed by atoms with E-state index in [0.29, 0.717) is 24.5 Å². The van der Waals surface area contributed by atoms with Crippen molar-refractivity contribution in [3.8, 4) is 0 Å². The molecule has 0 radical (unpaired) electrons. The summed E-state index contributed by atoms with van der Waals surface area (Å²) < 4.78 is 10.2. The summed E-state index contributed by atoms with van der Waals surface area (Å²) in [6.45, 7) is 11.9. The van der Waals surface area contributed by atoms with Crippen molar-refractivity contribution < 1.29 is 19.1 Å². The molecule has 3 unspecified atom stereocenters. The molecule has 1 fully saturated rings. The van der Waals surface area contributed by atoms with Gasteiger partial charge >= 0.3 is 11.9 Å². The van der Waals surface area contributed by atoms with Crippen molar-refractivity contribution >= 4 is 11.9 Å². The first kappa shape index (κ1) is 15.5. The van der Waals surface area contributed by atoms with Gasteiger partial charge in [0.25, 0.3) is 0 Å². The van der Waals surface area contributed by atoms with Gasteiger partial charge in [-0.2, -0.15) is 0 Å². The van der Waals surface area contributed by atoms with Gasteiger partial charge in [0, 0.05) is 24.8 Å². The molecule has 0 aromatic heterocycles. The highest BCUT2D eigenvalue weighted by Crippen LogP contribution is 2.41. The van der Waals surface area contributed by atoms with Gasteiger partial charge in [-0.1, -0.05) is 26.2 Å². The average molecular weight is 290 g/mol. The van der Waals surface area contributed by atoms with Gasteiger partial charge < -0.3 is 9.47 Å². The third kappa shape index (κ3) is 3.43. The Morgan fingerprint density at radius 2 is 2.24 bits per heavy atom. The molecule has 4 nitrogen and oxygen atoms in total. The molecule has 0 amide bonds. The van der Waals surface area contributed by atoms with E-state index in [2.05, 4.69) is 26.2 Å². The van der Waals surface area contributed by atoms with E-state index in [4.69, 9.17) is 9.47 Å². The fraction of sp³-hybridized carbons (Fsp3) is 0.529. The largest absolute Gasteiger partial charge is 0.466 e. The number of hydrogen-bond acceptors (Lipinski definition) is 4. The van der Waals surface area contributed by atoms with Gasteiger partial charge in [-0.3, -0.25) is 4.79 Å². The Kier molecular flexibility index (Phi) is 4.66. The average Bonchev–Trinajstić information content (AvgIpc) is 2.68. The summed E-state index contributed by atoms with van der Waals surface area (Å²) in [5.74, 6) is -0.242. The fourth-order valence-electron chi connectivity index (χ4n) is 2.97. The Labute approximate surface area is 125 Å². The molecule has 2 rings (SSSR count). The summed E-state index contributed by atoms with van der Waals surface area (Å²) in [7, 11) is 0. The van der Waals surface area contributed by atoms with Crippen molar-refractivity contribution in [1.82, 2.24) is 0 Å². The van der Waals surface area contributed by atoms with Gasteiger partial charge in [-0.25, -0.2) is 4.79 Å². The lowest BCUT2D eigenvalue weighted by Crippen LogP contribution is -2.23. The van der Waals surface area contributed by atoms with E-state index in [1.807, 2.05) is 0 Å². The molecule has 0 N–H and O–H groups in total. The summed E-state index contributed by atoms with van der Waals surface area (Å²) in [5.41, 5.74) is 2.74. The van der Waals surface area contributed by atoms with Crippen LogP contribution in [0.4, 0.5) is 0 Å². The van der Waals surface area contributed by atoms with Crippen LogP contribution in [0.1, 0.15) is 33.1 Å². The maximum atomic E-state index is 11.6. The quantitative estimate of drug-likeness (QED) is 0.444. The predicted molar refractivity (Wildman–Crippen MR) is 79.4 cm³/mol. The Hall–Kier alpha value is -1.84. The van der Waals surface area contributed by atoms with Gasteiger partial charge in [0.2, 0.25) is 0 Å². The van der Waals surface area contributed by atoms with E-state index < -0.39 is 0 Å². The van der Waals surface area contributed by atoms with E-state index in [-0.39, 0.29) is 24.0 Å². The number of hydrogen-bond donors (Lipinski definition) is 0. The number of carbonyl (C=O) groups is 2. The van der Waals surface area contributed by atoms with Crippen LogP contribution in [0.2, 0.25) is 0 Å². The molecule has 0 aromatic rings. The monoisotopic (exact) mass is 290 g/mol. The highest BCUT2D eigenvalue weighted by atomic mass is 16.6. The first-order valence-electron chi connectivity index (χ1n) is 7.33. The fourth-order valence-corrected chi connectivity index (χ4v) is 2.97. The molecule has 0 spiro atoms. The van der Waals surface area contributed by atoms with Crippen molar-refractivity contribution in [2.45, 2.75) is 39.2 Å². The van der Waals surface area contributed by atoms with Crippen LogP contribution in [0.5, 0.6) is 0 Å². The lowest BCUT2D eigenvalue weighted by molar-refractivity contribution is -0.141. The summed E-state index contributed by atoms with van der Waals surface area (Å²) in [6, 6.07) is 0. The van der Waals surface area contributed by atoms with Crippen LogP contribution in [-0.4, -0.2) is 24.6 Å². The molecule has 1 aliphatic carbocycles. The topological polar surface area (TPSA) is 52.6 Å². The number of esters is 2. The molecule has 2 aliphatic rings. The Bertz CT molecular complexity index is 515. The molecular formula is C17H22O4. The number of carbonyl (C=O) groups excluding carboxylic acids is 2. The van der Waals surface area contributed by atoms with Crippen LogP contribution in [0.3, 0.4) is 0 Å². The van der Waals surface area contributed by atoms with Crippen LogP contribution in [0.25, 0.3) is 0 Å². The molecule has 4 heteroatoms. The lowest BCUT2D eigenvalue weighted by Gasteiger charge is -2.28. The van der Waals surface area contributed by atoms with Crippen LogP contribution in [-0.2, 0) is 19.1 Å². The minimum atomic E-state index is -0.294. The smallest absolute Gasteiger partial charge is 0.334 e. The molecule has 1 aliphatic heterocycles. The molecule has 0 aromatic carbocycles. The molecule has 21 heavy (non-hydrogen) atoms. The zero-order valence-electron chi connectivity index (χ0n) is 12.7. The second-order valence-corrected chi connectivity index (χ2v) is 5.81. The summed E-state index contributed by atoms with van der Waals surface area (Å²) in [4.78, 5) is 22.3. The summed E-state index contributed by atoms with van der Waals surface area (Å²) in [6.07, 6.45) is 4.36. The number of ether oxygens (including phenoxy) is 2. The number of rotatable bonds is 5. The molecular weight excluding hydrogens is 268 g/mol. The highest BCUT2D eigenvalue weighted by molar-refractivity contribution is 5.91. The number of fused-ring (bicyclic) bond motifs is 1. The van der Waals surface area contributed by atoms with E-state index in [1.54, 1.807) is 0 Å². The molecule has 1 saturated heterocycles. The second-order valence-electron chi connectivity index (χ2n) is 5.81. The van der Waals surface area contributed by atoms with Crippen molar-refractivity contribution in [2.24, 2.45) is 11.8 Å². The van der Waals surface area contributed by atoms with Crippen molar-refractivity contribution in [3.63, 3.8) is 0 Å². The van der Waals surface area contributed by atoms with Gasteiger partial charge in [0.15, 0.2) is 0 Å². The Balaban J connectivity index is 1.98. The molecule has 3 atom stereocenters. The van der Waals surface area contributed by atoms with Crippen LogP contribution in [0, 0.1) is 11.8 Å². The van der Waals surface area contributed by atoms with Crippen molar-refractivity contribution in [3.05, 3.63) is 36.0 Å². The van der Waals surface area contributed by atoms with Crippen molar-refractivity contribution in [1.29, 1.82) is 0 Å². The molecule has 114 valence electrons. The number of allylic oxidation sites excluding steroid dienone is 1.